The number of nitrogens with zero attached hydrogens (tertiary/aromatic N) is 2. The molecule has 0 amide bonds. The molecule has 1 aromatic carbocycles. The molecule has 3 heteroatoms. The summed E-state index contributed by atoms with van der Waals surface area (Å²) in [6.45, 7) is 2.24. The Morgan fingerprint density at radius 2 is 1.86 bits per heavy atom. The molecular formula is C18H28N2O. The van der Waals surface area contributed by atoms with Crippen LogP contribution in [0.2, 0.25) is 0 Å². The van der Waals surface area contributed by atoms with E-state index in [4.69, 9.17) is 0 Å². The molecule has 1 aliphatic carbocycles. The van der Waals surface area contributed by atoms with Gasteiger partial charge in [0, 0.05) is 25.2 Å². The highest BCUT2D eigenvalue weighted by Crippen LogP contribution is 2.36. The summed E-state index contributed by atoms with van der Waals surface area (Å²) in [5.41, 5.74) is 1.44. The van der Waals surface area contributed by atoms with Gasteiger partial charge in [-0.25, -0.2) is 0 Å². The Bertz CT molecular complexity index is 448. The van der Waals surface area contributed by atoms with Crippen molar-refractivity contribution >= 4 is 0 Å². The van der Waals surface area contributed by atoms with Gasteiger partial charge in [-0.2, -0.15) is 0 Å². The van der Waals surface area contributed by atoms with Crippen LogP contribution in [0.1, 0.15) is 37.2 Å². The summed E-state index contributed by atoms with van der Waals surface area (Å²) in [6, 6.07) is 11.8. The van der Waals surface area contributed by atoms with E-state index in [9.17, 15) is 5.11 Å². The summed E-state index contributed by atoms with van der Waals surface area (Å²) in [5.74, 6) is 0.609. The third kappa shape index (κ3) is 3.31. The quantitative estimate of drug-likeness (QED) is 0.924. The van der Waals surface area contributed by atoms with Crippen LogP contribution in [0.3, 0.4) is 0 Å². The van der Waals surface area contributed by atoms with Crippen LogP contribution in [-0.4, -0.2) is 60.3 Å². The van der Waals surface area contributed by atoms with Crippen LogP contribution in [0.5, 0.6) is 0 Å². The summed E-state index contributed by atoms with van der Waals surface area (Å²) < 4.78 is 0. The average molecular weight is 288 g/mol. The van der Waals surface area contributed by atoms with E-state index in [0.29, 0.717) is 18.0 Å². The fourth-order valence-electron chi connectivity index (χ4n) is 4.04. The van der Waals surface area contributed by atoms with Crippen molar-refractivity contribution in [3.63, 3.8) is 0 Å². The second-order valence-corrected chi connectivity index (χ2v) is 6.96. The van der Waals surface area contributed by atoms with Crippen molar-refractivity contribution in [1.82, 2.24) is 9.80 Å². The van der Waals surface area contributed by atoms with Gasteiger partial charge < -0.3 is 10.0 Å². The van der Waals surface area contributed by atoms with E-state index in [2.05, 4.69) is 54.2 Å². The van der Waals surface area contributed by atoms with Crippen molar-refractivity contribution in [3.8, 4) is 0 Å². The van der Waals surface area contributed by atoms with Gasteiger partial charge in [-0.15, -0.1) is 0 Å². The molecule has 4 atom stereocenters. The minimum absolute atomic E-state index is 0.147. The van der Waals surface area contributed by atoms with Gasteiger partial charge in [-0.1, -0.05) is 30.3 Å². The molecule has 1 aliphatic heterocycles. The lowest BCUT2D eigenvalue weighted by molar-refractivity contribution is 0.0220. The molecule has 4 unspecified atom stereocenters. The molecule has 0 radical (unpaired) electrons. The van der Waals surface area contributed by atoms with Crippen molar-refractivity contribution in [3.05, 3.63) is 35.9 Å². The van der Waals surface area contributed by atoms with E-state index in [1.807, 2.05) is 0 Å². The molecule has 0 spiro atoms. The van der Waals surface area contributed by atoms with Crippen LogP contribution in [-0.2, 0) is 0 Å². The molecule has 0 bridgehead atoms. The molecule has 1 N–H and O–H groups in total. The minimum atomic E-state index is -0.147. The second-order valence-electron chi connectivity index (χ2n) is 6.96. The predicted molar refractivity (Wildman–Crippen MR) is 86.5 cm³/mol. The third-order valence-corrected chi connectivity index (χ3v) is 5.45. The number of likely N-dealkylation sites (tertiary alicyclic amines) is 1. The summed E-state index contributed by atoms with van der Waals surface area (Å²) >= 11 is 0. The molecule has 1 saturated carbocycles. The first-order valence-electron chi connectivity index (χ1n) is 8.28. The van der Waals surface area contributed by atoms with Gasteiger partial charge in [0.15, 0.2) is 0 Å². The van der Waals surface area contributed by atoms with Gasteiger partial charge in [-0.05, 0) is 51.3 Å². The Hall–Kier alpha value is -0.900. The highest BCUT2D eigenvalue weighted by molar-refractivity contribution is 5.20. The normalized spacial score (nSPS) is 34.5. The van der Waals surface area contributed by atoms with Gasteiger partial charge in [0.2, 0.25) is 0 Å². The first-order chi connectivity index (χ1) is 10.1. The molecule has 1 heterocycles. The van der Waals surface area contributed by atoms with Crippen LogP contribution >= 0.6 is 0 Å². The Morgan fingerprint density at radius 3 is 2.52 bits per heavy atom. The van der Waals surface area contributed by atoms with Gasteiger partial charge in [-0.3, -0.25) is 4.90 Å². The maximum Gasteiger partial charge on any atom is 0.0695 e. The Kier molecular flexibility index (Phi) is 4.63. The maximum absolute atomic E-state index is 10.5. The highest BCUT2D eigenvalue weighted by atomic mass is 16.3. The van der Waals surface area contributed by atoms with Crippen LogP contribution in [0.15, 0.2) is 30.3 Å². The van der Waals surface area contributed by atoms with Crippen molar-refractivity contribution in [2.24, 2.45) is 0 Å². The zero-order valence-electron chi connectivity index (χ0n) is 13.3. The first kappa shape index (κ1) is 15.0. The zero-order chi connectivity index (χ0) is 14.8. The number of hydrogen-bond acceptors (Lipinski definition) is 3. The van der Waals surface area contributed by atoms with Crippen molar-refractivity contribution in [2.45, 2.75) is 49.8 Å². The zero-order valence-corrected chi connectivity index (χ0v) is 13.3. The van der Waals surface area contributed by atoms with E-state index in [-0.39, 0.29) is 6.10 Å². The first-order valence-corrected chi connectivity index (χ1v) is 8.28. The van der Waals surface area contributed by atoms with Crippen molar-refractivity contribution < 1.29 is 5.11 Å². The lowest BCUT2D eigenvalue weighted by atomic mass is 9.79. The Labute approximate surface area is 128 Å². The molecule has 2 fully saturated rings. The fourth-order valence-corrected chi connectivity index (χ4v) is 4.04. The van der Waals surface area contributed by atoms with Gasteiger partial charge >= 0.3 is 0 Å². The monoisotopic (exact) mass is 288 g/mol. The molecule has 3 rings (SSSR count). The van der Waals surface area contributed by atoms with Gasteiger partial charge in [0.1, 0.15) is 0 Å². The number of likely N-dealkylation sites (N-methyl/N-ethyl adjacent to an activating group) is 1. The highest BCUT2D eigenvalue weighted by Gasteiger charge is 2.37. The number of rotatable bonds is 3. The smallest absolute Gasteiger partial charge is 0.0695 e. The van der Waals surface area contributed by atoms with E-state index in [0.717, 1.165) is 32.4 Å². The van der Waals surface area contributed by atoms with Crippen LogP contribution in [0, 0.1) is 0 Å². The second kappa shape index (κ2) is 6.47. The van der Waals surface area contributed by atoms with Crippen LogP contribution < -0.4 is 0 Å². The van der Waals surface area contributed by atoms with Crippen molar-refractivity contribution in [2.75, 3.05) is 27.2 Å². The molecule has 0 aromatic heterocycles. The van der Waals surface area contributed by atoms with Gasteiger partial charge in [0.05, 0.1) is 6.10 Å². The van der Waals surface area contributed by atoms with Crippen LogP contribution in [0.25, 0.3) is 0 Å². The number of aliphatic hydroxyl groups excluding tert-OH is 1. The summed E-state index contributed by atoms with van der Waals surface area (Å²) in [6.07, 6.45) is 4.24. The molecular weight excluding hydrogens is 260 g/mol. The summed E-state index contributed by atoms with van der Waals surface area (Å²) in [4.78, 5) is 4.86. The van der Waals surface area contributed by atoms with E-state index < -0.39 is 0 Å². The fraction of sp³-hybridized carbons (Fsp3) is 0.667. The van der Waals surface area contributed by atoms with E-state index in [1.165, 1.54) is 12.0 Å². The molecule has 21 heavy (non-hydrogen) atoms. The molecule has 1 aromatic rings. The Balaban J connectivity index is 1.67. The number of aliphatic hydroxyl groups is 1. The lowest BCUT2D eigenvalue weighted by Gasteiger charge is -2.39. The maximum atomic E-state index is 10.5. The van der Waals surface area contributed by atoms with Crippen molar-refractivity contribution in [1.29, 1.82) is 0 Å². The molecule has 1 saturated heterocycles. The molecule has 2 aliphatic rings. The van der Waals surface area contributed by atoms with E-state index in [1.54, 1.807) is 0 Å². The molecule has 116 valence electrons. The van der Waals surface area contributed by atoms with Crippen LogP contribution in [0.4, 0.5) is 0 Å². The van der Waals surface area contributed by atoms with Gasteiger partial charge in [0.25, 0.3) is 0 Å². The lowest BCUT2D eigenvalue weighted by Crippen LogP contribution is -2.47. The topological polar surface area (TPSA) is 26.7 Å². The third-order valence-electron chi connectivity index (χ3n) is 5.45. The standard InChI is InChI=1S/C18H28N2O/c1-19(2)16-10-11-20(13-16)17-12-15(8-9-18(17)21)14-6-4-3-5-7-14/h3-7,15-18,21H,8-13H2,1-2H3. The largest absolute Gasteiger partial charge is 0.391 e. The SMILES string of the molecule is CN(C)C1CCN(C2CC(c3ccccc3)CCC2O)C1. The van der Waals surface area contributed by atoms with E-state index >= 15 is 0 Å². The molecule has 3 nitrogen and oxygen atoms in total. The Morgan fingerprint density at radius 1 is 1.10 bits per heavy atom. The minimum Gasteiger partial charge on any atom is -0.391 e. The summed E-state index contributed by atoms with van der Waals surface area (Å²) in [5, 5.41) is 10.5. The average Bonchev–Trinajstić information content (AvgIpc) is 2.98. The predicted octanol–water partition coefficient (Wildman–Crippen LogP) is 2.32. The summed E-state index contributed by atoms with van der Waals surface area (Å²) in [7, 11) is 4.33. The number of hydrogen-bond donors (Lipinski definition) is 1. The number of benzene rings is 1.